The number of anilines is 1. The van der Waals surface area contributed by atoms with Crippen LogP contribution in [0.5, 0.6) is 0 Å². The summed E-state index contributed by atoms with van der Waals surface area (Å²) < 4.78 is 1.74. The molecule has 1 heterocycles. The fourth-order valence-electron chi connectivity index (χ4n) is 9.08. The van der Waals surface area contributed by atoms with Gasteiger partial charge in [0.25, 0.3) is 5.91 Å². The Balaban J connectivity index is 1.34. The number of piperidine rings is 1. The van der Waals surface area contributed by atoms with Gasteiger partial charge >= 0.3 is 6.03 Å². The van der Waals surface area contributed by atoms with Gasteiger partial charge in [-0.25, -0.2) is 4.79 Å². The average molecular weight is 877 g/mol. The first kappa shape index (κ1) is 42.8. The van der Waals surface area contributed by atoms with Crippen molar-refractivity contribution in [1.29, 1.82) is 0 Å². The van der Waals surface area contributed by atoms with Crippen LogP contribution in [0.2, 0.25) is 0 Å². The van der Waals surface area contributed by atoms with E-state index >= 15 is 0 Å². The minimum atomic E-state index is -1.03. The fourth-order valence-corrected chi connectivity index (χ4v) is 9.33. The molecule has 0 spiro atoms. The maximum atomic E-state index is 14.8. The van der Waals surface area contributed by atoms with Gasteiger partial charge in [0.2, 0.25) is 28.5 Å². The molecule has 55 heavy (non-hydrogen) atoms. The van der Waals surface area contributed by atoms with E-state index in [0.29, 0.717) is 24.2 Å². The number of likely N-dealkylation sites (tertiary alicyclic amines) is 1. The third kappa shape index (κ3) is 8.98. The molecule has 4 N–H and O–H groups in total. The lowest BCUT2D eigenvalue weighted by atomic mass is 9.83. The first-order chi connectivity index (χ1) is 25.8. The van der Waals surface area contributed by atoms with Crippen LogP contribution in [-0.2, 0) is 24.6 Å². The van der Waals surface area contributed by atoms with Crippen LogP contribution in [-0.4, -0.2) is 85.3 Å². The highest BCUT2D eigenvalue weighted by atomic mass is 127. The molecule has 1 saturated heterocycles. The zero-order valence-electron chi connectivity index (χ0n) is 33.8. The molecule has 4 aliphatic rings. The minimum Gasteiger partial charge on any atom is -0.369 e. The van der Waals surface area contributed by atoms with Crippen LogP contribution >= 0.6 is 22.6 Å². The number of halogens is 1. The van der Waals surface area contributed by atoms with Crippen molar-refractivity contribution in [2.75, 3.05) is 31.6 Å². The molecule has 14 heteroatoms. The summed E-state index contributed by atoms with van der Waals surface area (Å²) in [4.78, 5) is 97.5. The number of nitrogens with zero attached hydrogens (tertiary/aromatic N) is 2. The molecule has 3 saturated carbocycles. The Bertz CT molecular complexity index is 1750. The number of hydrogen-bond donors (Lipinski definition) is 4. The maximum Gasteiger partial charge on any atom is 0.315 e. The SMILES string of the molecule is CCCC(NC(=O)[C@@H]1[C@@H]2[C@H](CN1C(=O)[C@@H](NC(=O)N[C@H](CN(C)c1c(C3(C)CC3)c(=O)c1=O)C(C)(C)C)C1CCCCC1)C2(C)C)C(=O)C(=O)NC/C=C/I. The topological polar surface area (TPSA) is 174 Å². The lowest BCUT2D eigenvalue weighted by Gasteiger charge is -2.39. The predicted molar refractivity (Wildman–Crippen MR) is 221 cm³/mol. The van der Waals surface area contributed by atoms with Gasteiger partial charge in [-0.1, -0.05) is 103 Å². The molecule has 5 amide bonds. The van der Waals surface area contributed by atoms with E-state index in [1.807, 2.05) is 57.2 Å². The van der Waals surface area contributed by atoms with Crippen molar-refractivity contribution in [3.8, 4) is 0 Å². The van der Waals surface area contributed by atoms with Gasteiger partial charge < -0.3 is 31.1 Å². The first-order valence-corrected chi connectivity index (χ1v) is 21.3. The van der Waals surface area contributed by atoms with Crippen LogP contribution in [0.3, 0.4) is 0 Å². The Kier molecular flexibility index (Phi) is 13.0. The summed E-state index contributed by atoms with van der Waals surface area (Å²) in [5.41, 5.74) is -0.802. The molecule has 5 rings (SSSR count). The lowest BCUT2D eigenvalue weighted by Crippen LogP contribution is -2.62. The fraction of sp³-hybridized carbons (Fsp3) is 0.732. The van der Waals surface area contributed by atoms with E-state index in [0.717, 1.165) is 44.9 Å². The lowest BCUT2D eigenvalue weighted by molar-refractivity contribution is -0.144. The van der Waals surface area contributed by atoms with Crippen LogP contribution in [0.25, 0.3) is 0 Å². The van der Waals surface area contributed by atoms with Crippen LogP contribution in [0.4, 0.5) is 10.5 Å². The number of hydrogen-bond acceptors (Lipinski definition) is 8. The zero-order valence-corrected chi connectivity index (χ0v) is 36.0. The number of urea groups is 1. The van der Waals surface area contributed by atoms with Gasteiger partial charge in [-0.3, -0.25) is 28.8 Å². The Morgan fingerprint density at radius 3 is 2.22 bits per heavy atom. The monoisotopic (exact) mass is 876 g/mol. The second-order valence-corrected chi connectivity index (χ2v) is 19.1. The van der Waals surface area contributed by atoms with Crippen LogP contribution in [0.15, 0.2) is 19.7 Å². The summed E-state index contributed by atoms with van der Waals surface area (Å²) in [5.74, 6) is -2.45. The summed E-state index contributed by atoms with van der Waals surface area (Å²) in [7, 11) is 1.78. The number of ketones is 1. The largest absolute Gasteiger partial charge is 0.369 e. The van der Waals surface area contributed by atoms with E-state index in [2.05, 4.69) is 35.1 Å². The van der Waals surface area contributed by atoms with Crippen molar-refractivity contribution >= 4 is 57.8 Å². The smallest absolute Gasteiger partial charge is 0.315 e. The molecular formula is C41H61IN6O7. The van der Waals surface area contributed by atoms with E-state index in [1.54, 1.807) is 27.0 Å². The summed E-state index contributed by atoms with van der Waals surface area (Å²) in [6.07, 6.45) is 8.67. The van der Waals surface area contributed by atoms with E-state index in [-0.39, 0.29) is 54.0 Å². The molecule has 0 radical (unpaired) electrons. The van der Waals surface area contributed by atoms with Crippen molar-refractivity contribution in [1.82, 2.24) is 26.2 Å². The number of fused-ring (bicyclic) bond motifs is 1. The molecule has 13 nitrogen and oxygen atoms in total. The molecule has 1 aromatic rings. The van der Waals surface area contributed by atoms with Gasteiger partial charge in [0.1, 0.15) is 12.1 Å². The van der Waals surface area contributed by atoms with Crippen molar-refractivity contribution < 1.29 is 24.0 Å². The van der Waals surface area contributed by atoms with Crippen molar-refractivity contribution in [2.45, 2.75) is 136 Å². The summed E-state index contributed by atoms with van der Waals surface area (Å²) >= 11 is 2.02. The molecule has 6 atom stereocenters. The first-order valence-electron chi connectivity index (χ1n) is 20.1. The molecule has 4 fully saturated rings. The standard InChI is InChI=1S/C41H61IN6O7/c1-9-14-25(32(49)36(53)43-20-13-19-42)44-35(52)31-27-24(40(27,5)6)21-48(31)37(54)29(23-15-11-10-12-16-23)46-38(55)45-26(39(2,3)4)22-47(8)30-28(33(50)34(30)51)41(7)17-18-41/h13,19,23-27,29,31H,9-12,14-18,20-22H2,1-8H3,(H,43,53)(H,44,52)(H2,45,46,55)/b19-13+/t24-,25?,26+,27-,29-,31-/m0/s1. The molecule has 1 unspecified atom stereocenters. The minimum absolute atomic E-state index is 0.0794. The number of amides is 5. The average Bonchev–Trinajstić information content (AvgIpc) is 3.91. The second kappa shape index (κ2) is 16.7. The summed E-state index contributed by atoms with van der Waals surface area (Å²) in [6, 6.07) is -3.73. The van der Waals surface area contributed by atoms with Gasteiger partial charge in [-0.05, 0) is 70.2 Å². The van der Waals surface area contributed by atoms with E-state index in [1.165, 1.54) is 0 Å². The summed E-state index contributed by atoms with van der Waals surface area (Å²) in [5, 5.41) is 11.6. The molecule has 1 aliphatic heterocycles. The molecule has 0 aromatic heterocycles. The molecule has 0 bridgehead atoms. The number of rotatable bonds is 16. The number of nitrogens with one attached hydrogen (secondary N) is 4. The highest BCUT2D eigenvalue weighted by Crippen LogP contribution is 2.65. The highest BCUT2D eigenvalue weighted by Gasteiger charge is 2.69. The van der Waals surface area contributed by atoms with Gasteiger partial charge in [0, 0.05) is 32.2 Å². The third-order valence-corrected chi connectivity index (χ3v) is 13.5. The van der Waals surface area contributed by atoms with Crippen molar-refractivity contribution in [2.24, 2.45) is 28.6 Å². The highest BCUT2D eigenvalue weighted by molar-refractivity contribution is 14.1. The van der Waals surface area contributed by atoms with Gasteiger partial charge in [-0.15, -0.1) is 0 Å². The van der Waals surface area contributed by atoms with Crippen LogP contribution in [0, 0.1) is 28.6 Å². The van der Waals surface area contributed by atoms with Gasteiger partial charge in [0.05, 0.1) is 17.8 Å². The Hall–Kier alpha value is -3.30. The predicted octanol–water partition coefficient (Wildman–Crippen LogP) is 3.84. The normalized spacial score (nSPS) is 24.4. The summed E-state index contributed by atoms with van der Waals surface area (Å²) in [6.45, 7) is 14.8. The van der Waals surface area contributed by atoms with Gasteiger partial charge in [0.15, 0.2) is 0 Å². The van der Waals surface area contributed by atoms with E-state index in [4.69, 9.17) is 0 Å². The molecule has 304 valence electrons. The molecular weight excluding hydrogens is 815 g/mol. The Morgan fingerprint density at radius 2 is 1.64 bits per heavy atom. The Morgan fingerprint density at radius 1 is 0.982 bits per heavy atom. The van der Waals surface area contributed by atoms with Gasteiger partial charge in [-0.2, -0.15) is 0 Å². The maximum absolute atomic E-state index is 14.8. The molecule has 3 aliphatic carbocycles. The number of carbonyl (C=O) groups is 5. The van der Waals surface area contributed by atoms with E-state index < -0.39 is 64.1 Å². The van der Waals surface area contributed by atoms with Crippen molar-refractivity contribution in [3.05, 3.63) is 36.2 Å². The van der Waals surface area contributed by atoms with E-state index in [9.17, 15) is 33.6 Å². The quantitative estimate of drug-likeness (QED) is 0.143. The number of Topliss-reactive ketones (excluding diaryl/α,β-unsaturated/α-hetero) is 1. The number of likely N-dealkylation sites (N-methyl/N-ethyl adjacent to an activating group) is 1. The second-order valence-electron chi connectivity index (χ2n) is 18.4. The third-order valence-electron chi connectivity index (χ3n) is 13.0. The number of carbonyl (C=O) groups excluding carboxylic acids is 5. The molecule has 1 aromatic carbocycles. The van der Waals surface area contributed by atoms with Crippen LogP contribution in [0.1, 0.15) is 112 Å². The Labute approximate surface area is 338 Å². The van der Waals surface area contributed by atoms with Crippen molar-refractivity contribution in [3.63, 3.8) is 0 Å². The van der Waals surface area contributed by atoms with Crippen LogP contribution < -0.4 is 37.0 Å². The zero-order chi connectivity index (χ0) is 40.6.